The number of hydrazine groups is 1. The monoisotopic (exact) mass is 277 g/mol. The van der Waals surface area contributed by atoms with Crippen molar-refractivity contribution in [2.24, 2.45) is 5.84 Å². The van der Waals surface area contributed by atoms with E-state index in [1.165, 1.54) is 17.3 Å². The van der Waals surface area contributed by atoms with Crippen LogP contribution in [0, 0.1) is 0 Å². The van der Waals surface area contributed by atoms with E-state index in [9.17, 15) is 5.11 Å². The number of nitrogens with zero attached hydrogens (tertiary/aromatic N) is 7. The lowest BCUT2D eigenvalue weighted by atomic mass is 10.2. The van der Waals surface area contributed by atoms with Gasteiger partial charge in [0.05, 0.1) is 12.6 Å². The Morgan fingerprint density at radius 3 is 2.90 bits per heavy atom. The first kappa shape index (κ1) is 12.7. The summed E-state index contributed by atoms with van der Waals surface area (Å²) in [6.07, 6.45) is 4.78. The zero-order valence-corrected chi connectivity index (χ0v) is 10.7. The minimum Gasteiger partial charge on any atom is -0.394 e. The molecule has 3 heterocycles. The topological polar surface area (TPSA) is 131 Å². The maximum Gasteiger partial charge on any atom is 0.258 e. The van der Waals surface area contributed by atoms with Crippen molar-refractivity contribution in [2.45, 2.75) is 18.9 Å². The molecule has 1 aliphatic heterocycles. The predicted molar refractivity (Wildman–Crippen MR) is 70.0 cm³/mol. The molecule has 0 aromatic carbocycles. The van der Waals surface area contributed by atoms with Crippen molar-refractivity contribution in [3.8, 4) is 5.95 Å². The van der Waals surface area contributed by atoms with E-state index in [-0.39, 0.29) is 18.6 Å². The van der Waals surface area contributed by atoms with Crippen LogP contribution in [0.1, 0.15) is 12.8 Å². The van der Waals surface area contributed by atoms with Gasteiger partial charge in [0, 0.05) is 6.54 Å². The van der Waals surface area contributed by atoms with Gasteiger partial charge < -0.3 is 10.0 Å². The largest absolute Gasteiger partial charge is 0.394 e. The molecule has 2 aromatic heterocycles. The van der Waals surface area contributed by atoms with Crippen molar-refractivity contribution < 1.29 is 5.11 Å². The molecule has 0 radical (unpaired) electrons. The molecule has 10 heteroatoms. The van der Waals surface area contributed by atoms with Gasteiger partial charge in [-0.3, -0.25) is 5.43 Å². The molecule has 10 nitrogen and oxygen atoms in total. The maximum atomic E-state index is 9.40. The Balaban J connectivity index is 2.00. The molecule has 1 fully saturated rings. The summed E-state index contributed by atoms with van der Waals surface area (Å²) < 4.78 is 1.43. The molecule has 2 aromatic rings. The maximum absolute atomic E-state index is 9.40. The number of anilines is 2. The third-order valence-corrected chi connectivity index (χ3v) is 3.21. The van der Waals surface area contributed by atoms with Crippen molar-refractivity contribution in [2.75, 3.05) is 23.5 Å². The Bertz CT molecular complexity index is 572. The van der Waals surface area contributed by atoms with E-state index in [0.29, 0.717) is 11.9 Å². The third-order valence-electron chi connectivity index (χ3n) is 3.21. The van der Waals surface area contributed by atoms with Crippen LogP contribution in [0.4, 0.5) is 11.9 Å². The lowest BCUT2D eigenvalue weighted by Gasteiger charge is -2.23. The number of nitrogens with one attached hydrogen (secondary N) is 1. The van der Waals surface area contributed by atoms with Gasteiger partial charge in [-0.2, -0.15) is 24.7 Å². The van der Waals surface area contributed by atoms with Crippen molar-refractivity contribution in [3.63, 3.8) is 0 Å². The van der Waals surface area contributed by atoms with Crippen LogP contribution in [0.5, 0.6) is 0 Å². The van der Waals surface area contributed by atoms with Crippen LogP contribution in [0.2, 0.25) is 0 Å². The summed E-state index contributed by atoms with van der Waals surface area (Å²) in [4.78, 5) is 18.5. The highest BCUT2D eigenvalue weighted by Gasteiger charge is 2.27. The average molecular weight is 277 g/mol. The van der Waals surface area contributed by atoms with Gasteiger partial charge in [-0.1, -0.05) is 0 Å². The number of aromatic nitrogens is 6. The normalized spacial score (nSPS) is 18.5. The van der Waals surface area contributed by atoms with Crippen LogP contribution in [0.3, 0.4) is 0 Å². The predicted octanol–water partition coefficient (Wildman–Crippen LogP) is -1.30. The Kier molecular flexibility index (Phi) is 3.39. The summed E-state index contributed by atoms with van der Waals surface area (Å²) in [5, 5.41) is 13.4. The standard InChI is InChI=1S/C10H15N9O/c11-17-8-14-9(18-3-1-2-7(18)4-20)16-10(15-8)19-6-12-5-13-19/h5-7,20H,1-4,11H2,(H,14,15,16,17). The molecule has 1 atom stereocenters. The van der Waals surface area contributed by atoms with E-state index in [2.05, 4.69) is 30.5 Å². The van der Waals surface area contributed by atoms with Crippen LogP contribution >= 0.6 is 0 Å². The zero-order valence-electron chi connectivity index (χ0n) is 10.7. The molecule has 1 aliphatic rings. The fraction of sp³-hybridized carbons (Fsp3) is 0.500. The molecule has 0 aliphatic carbocycles. The summed E-state index contributed by atoms with van der Waals surface area (Å²) >= 11 is 0. The lowest BCUT2D eigenvalue weighted by Crippen LogP contribution is -2.34. The second-order valence-corrected chi connectivity index (χ2v) is 4.42. The SMILES string of the molecule is NNc1nc(N2CCCC2CO)nc(-n2cncn2)n1. The van der Waals surface area contributed by atoms with E-state index < -0.39 is 0 Å². The van der Waals surface area contributed by atoms with E-state index in [1.807, 2.05) is 4.90 Å². The number of hydrogen-bond acceptors (Lipinski definition) is 9. The minimum absolute atomic E-state index is 0.0200. The molecule has 1 saturated heterocycles. The summed E-state index contributed by atoms with van der Waals surface area (Å²) in [6, 6.07) is 0.0200. The van der Waals surface area contributed by atoms with Crippen LogP contribution in [0.15, 0.2) is 12.7 Å². The molecule has 3 rings (SSSR count). The molecular weight excluding hydrogens is 262 g/mol. The molecule has 0 amide bonds. The van der Waals surface area contributed by atoms with Crippen LogP contribution in [0.25, 0.3) is 5.95 Å². The van der Waals surface area contributed by atoms with E-state index in [0.717, 1.165) is 19.4 Å². The van der Waals surface area contributed by atoms with Gasteiger partial charge in [0.25, 0.3) is 5.95 Å². The minimum atomic E-state index is 0.0200. The Hall–Kier alpha value is -2.33. The quantitative estimate of drug-likeness (QED) is 0.460. The fourth-order valence-corrected chi connectivity index (χ4v) is 2.25. The smallest absolute Gasteiger partial charge is 0.258 e. The molecule has 106 valence electrons. The zero-order chi connectivity index (χ0) is 13.9. The Morgan fingerprint density at radius 1 is 1.35 bits per heavy atom. The number of nitrogen functional groups attached to an aromatic ring is 1. The number of hydrogen-bond donors (Lipinski definition) is 3. The van der Waals surface area contributed by atoms with Gasteiger partial charge in [0.15, 0.2) is 0 Å². The number of rotatable bonds is 4. The average Bonchev–Trinajstić information content (AvgIpc) is 3.17. The summed E-state index contributed by atoms with van der Waals surface area (Å²) in [7, 11) is 0. The van der Waals surface area contributed by atoms with Gasteiger partial charge in [0.1, 0.15) is 12.7 Å². The molecular formula is C10H15N9O. The molecule has 0 spiro atoms. The summed E-state index contributed by atoms with van der Waals surface area (Å²) in [5.41, 5.74) is 2.41. The molecule has 0 bridgehead atoms. The number of aliphatic hydroxyl groups is 1. The van der Waals surface area contributed by atoms with Crippen LogP contribution in [-0.4, -0.2) is 54.0 Å². The second kappa shape index (κ2) is 5.35. The van der Waals surface area contributed by atoms with Gasteiger partial charge in [-0.25, -0.2) is 10.8 Å². The van der Waals surface area contributed by atoms with E-state index in [4.69, 9.17) is 5.84 Å². The van der Waals surface area contributed by atoms with E-state index >= 15 is 0 Å². The lowest BCUT2D eigenvalue weighted by molar-refractivity contribution is 0.265. The van der Waals surface area contributed by atoms with Crippen LogP contribution in [-0.2, 0) is 0 Å². The van der Waals surface area contributed by atoms with Crippen LogP contribution < -0.4 is 16.2 Å². The van der Waals surface area contributed by atoms with Gasteiger partial charge in [0.2, 0.25) is 11.9 Å². The first-order chi connectivity index (χ1) is 9.81. The van der Waals surface area contributed by atoms with Crippen molar-refractivity contribution in [3.05, 3.63) is 12.7 Å². The Morgan fingerprint density at radius 2 is 2.20 bits per heavy atom. The van der Waals surface area contributed by atoms with E-state index in [1.54, 1.807) is 0 Å². The molecule has 1 unspecified atom stereocenters. The second-order valence-electron chi connectivity index (χ2n) is 4.42. The van der Waals surface area contributed by atoms with Gasteiger partial charge in [-0.05, 0) is 12.8 Å². The van der Waals surface area contributed by atoms with Crippen molar-refractivity contribution in [1.29, 1.82) is 0 Å². The number of nitrogens with two attached hydrogens (primary N) is 1. The first-order valence-electron chi connectivity index (χ1n) is 6.27. The van der Waals surface area contributed by atoms with Crippen molar-refractivity contribution in [1.82, 2.24) is 29.7 Å². The third kappa shape index (κ3) is 2.26. The molecule has 4 N–H and O–H groups in total. The summed E-state index contributed by atoms with van der Waals surface area (Å²) in [6.45, 7) is 0.853. The van der Waals surface area contributed by atoms with Gasteiger partial charge >= 0.3 is 0 Å². The fourth-order valence-electron chi connectivity index (χ4n) is 2.25. The highest BCUT2D eigenvalue weighted by molar-refractivity contribution is 5.41. The van der Waals surface area contributed by atoms with Crippen molar-refractivity contribution >= 4 is 11.9 Å². The summed E-state index contributed by atoms with van der Waals surface area (Å²) in [5.74, 6) is 6.42. The highest BCUT2D eigenvalue weighted by Crippen LogP contribution is 2.23. The highest BCUT2D eigenvalue weighted by atomic mass is 16.3. The number of aliphatic hydroxyl groups excluding tert-OH is 1. The molecule has 20 heavy (non-hydrogen) atoms. The Labute approximate surface area is 114 Å². The van der Waals surface area contributed by atoms with Gasteiger partial charge in [-0.15, -0.1) is 0 Å². The molecule has 0 saturated carbocycles. The first-order valence-corrected chi connectivity index (χ1v) is 6.27.